The predicted octanol–water partition coefficient (Wildman–Crippen LogP) is 4.28. The number of benzene rings is 2. The van der Waals surface area contributed by atoms with Crippen LogP contribution in [0.2, 0.25) is 5.02 Å². The van der Waals surface area contributed by atoms with Crippen LogP contribution in [0.5, 0.6) is 0 Å². The SMILES string of the molecule is COC(=O)C1=C(CN2CCN3C(=O)N(c4ccc(C(C)=O)cc4)CC3C2)NC(c2nccs2)=NC1c1ccc(F)cc1Cl. The van der Waals surface area contributed by atoms with Gasteiger partial charge in [-0.15, -0.1) is 11.3 Å². The summed E-state index contributed by atoms with van der Waals surface area (Å²) in [6.45, 7) is 3.99. The van der Waals surface area contributed by atoms with E-state index in [1.54, 1.807) is 35.4 Å². The number of aromatic nitrogens is 1. The van der Waals surface area contributed by atoms with Gasteiger partial charge in [0.15, 0.2) is 16.6 Å². The number of halogens is 2. The summed E-state index contributed by atoms with van der Waals surface area (Å²) in [6.07, 6.45) is 1.67. The Morgan fingerprint density at radius 2 is 1.95 bits per heavy atom. The number of fused-ring (bicyclic) bond motifs is 1. The Hall–Kier alpha value is -4.13. The molecular formula is C30H28ClFN6O4S. The van der Waals surface area contributed by atoms with Gasteiger partial charge in [0.2, 0.25) is 0 Å². The van der Waals surface area contributed by atoms with Crippen LogP contribution in [0.25, 0.3) is 0 Å². The number of amidine groups is 1. The molecule has 0 radical (unpaired) electrons. The largest absolute Gasteiger partial charge is 0.466 e. The van der Waals surface area contributed by atoms with E-state index in [0.29, 0.717) is 60.4 Å². The molecule has 2 fully saturated rings. The summed E-state index contributed by atoms with van der Waals surface area (Å²) < 4.78 is 19.1. The van der Waals surface area contributed by atoms with Crippen molar-refractivity contribution in [2.45, 2.75) is 19.0 Å². The van der Waals surface area contributed by atoms with Crippen LogP contribution in [0.3, 0.4) is 0 Å². The van der Waals surface area contributed by atoms with Gasteiger partial charge in [0.05, 0.1) is 18.7 Å². The normalized spacial score (nSPS) is 20.6. The number of esters is 1. The second-order valence-corrected chi connectivity index (χ2v) is 11.8. The monoisotopic (exact) mass is 622 g/mol. The molecule has 4 heterocycles. The second-order valence-electron chi connectivity index (χ2n) is 10.5. The maximum atomic E-state index is 13.9. The molecule has 222 valence electrons. The Bertz CT molecular complexity index is 1640. The number of anilines is 1. The number of hydrogen-bond donors (Lipinski definition) is 1. The quantitative estimate of drug-likeness (QED) is 0.310. The van der Waals surface area contributed by atoms with Crippen LogP contribution in [0.4, 0.5) is 14.9 Å². The van der Waals surface area contributed by atoms with E-state index >= 15 is 0 Å². The second kappa shape index (κ2) is 11.9. The highest BCUT2D eigenvalue weighted by Crippen LogP contribution is 2.37. The zero-order valence-electron chi connectivity index (χ0n) is 23.4. The van der Waals surface area contributed by atoms with Crippen molar-refractivity contribution in [3.63, 3.8) is 0 Å². The molecular weight excluding hydrogens is 595 g/mol. The first-order valence-corrected chi connectivity index (χ1v) is 14.9. The zero-order chi connectivity index (χ0) is 30.2. The van der Waals surface area contributed by atoms with E-state index in [1.165, 1.54) is 43.6 Å². The number of methoxy groups -OCH3 is 1. The number of Topliss-reactive ketones (excluding diaryl/α,β-unsaturated/α-hetero) is 1. The molecule has 2 unspecified atom stereocenters. The zero-order valence-corrected chi connectivity index (χ0v) is 25.0. The van der Waals surface area contributed by atoms with Crippen LogP contribution < -0.4 is 10.2 Å². The molecule has 1 aromatic heterocycles. The van der Waals surface area contributed by atoms with E-state index in [4.69, 9.17) is 21.3 Å². The molecule has 3 aliphatic rings. The summed E-state index contributed by atoms with van der Waals surface area (Å²) in [5.41, 5.74) is 2.65. The summed E-state index contributed by atoms with van der Waals surface area (Å²) in [5.74, 6) is -0.637. The first-order valence-electron chi connectivity index (χ1n) is 13.7. The number of urea groups is 1. The summed E-state index contributed by atoms with van der Waals surface area (Å²) in [7, 11) is 1.30. The lowest BCUT2D eigenvalue weighted by molar-refractivity contribution is -0.136. The first kappa shape index (κ1) is 29.0. The van der Waals surface area contributed by atoms with E-state index in [2.05, 4.69) is 15.2 Å². The molecule has 0 spiro atoms. The average molecular weight is 623 g/mol. The number of rotatable bonds is 7. The molecule has 43 heavy (non-hydrogen) atoms. The molecule has 3 aromatic rings. The molecule has 2 aromatic carbocycles. The van der Waals surface area contributed by atoms with Gasteiger partial charge >= 0.3 is 12.0 Å². The lowest BCUT2D eigenvalue weighted by Crippen LogP contribution is -2.53. The van der Waals surface area contributed by atoms with Crippen molar-refractivity contribution in [3.05, 3.63) is 92.3 Å². The van der Waals surface area contributed by atoms with Crippen molar-refractivity contribution in [1.82, 2.24) is 20.1 Å². The minimum atomic E-state index is -0.849. The molecule has 10 nitrogen and oxygen atoms in total. The minimum absolute atomic E-state index is 0.0312. The highest BCUT2D eigenvalue weighted by molar-refractivity contribution is 7.11. The van der Waals surface area contributed by atoms with Gasteiger partial charge in [-0.1, -0.05) is 17.7 Å². The first-order chi connectivity index (χ1) is 20.7. The van der Waals surface area contributed by atoms with Crippen LogP contribution in [0.1, 0.15) is 33.9 Å². The highest BCUT2D eigenvalue weighted by atomic mass is 35.5. The summed E-state index contributed by atoms with van der Waals surface area (Å²) in [6, 6.07) is 10.1. The Morgan fingerprint density at radius 3 is 2.63 bits per heavy atom. The van der Waals surface area contributed by atoms with Gasteiger partial charge in [0.25, 0.3) is 0 Å². The molecule has 0 aliphatic carbocycles. The van der Waals surface area contributed by atoms with Crippen molar-refractivity contribution < 1.29 is 23.5 Å². The topological polar surface area (TPSA) is 107 Å². The standard InChI is InChI=1S/C30H28ClFN6O4S/c1-17(39)18-3-6-20(7-4-18)38-15-21-14-36(10-11-37(21)30(38)41)16-24-25(29(40)42-2)26(22-8-5-19(32)13-23(22)31)35-27(34-24)28-33-9-12-43-28/h3-9,12-13,21,26H,10-11,14-16H2,1-2H3,(H,34,35). The number of carbonyl (C=O) groups is 3. The van der Waals surface area contributed by atoms with Crippen LogP contribution in [-0.2, 0) is 9.53 Å². The lowest BCUT2D eigenvalue weighted by Gasteiger charge is -2.38. The van der Waals surface area contributed by atoms with E-state index < -0.39 is 17.8 Å². The fraction of sp³-hybridized carbons (Fsp3) is 0.300. The fourth-order valence-corrected chi connectivity index (χ4v) is 6.56. The number of hydrogen-bond acceptors (Lipinski definition) is 9. The van der Waals surface area contributed by atoms with Gasteiger partial charge in [-0.2, -0.15) is 0 Å². The number of aliphatic imine (C=N–C) groups is 1. The smallest absolute Gasteiger partial charge is 0.338 e. The number of thiazole rings is 1. The number of carbonyl (C=O) groups excluding carboxylic acids is 3. The molecule has 2 atom stereocenters. The van der Waals surface area contributed by atoms with Crippen molar-refractivity contribution in [2.75, 3.05) is 44.7 Å². The Balaban J connectivity index is 1.28. The fourth-order valence-electron chi connectivity index (χ4n) is 5.70. The highest BCUT2D eigenvalue weighted by Gasteiger charge is 2.42. The maximum absolute atomic E-state index is 13.9. The van der Waals surface area contributed by atoms with Gasteiger partial charge in [-0.25, -0.2) is 19.0 Å². The number of nitrogens with zero attached hydrogens (tertiary/aromatic N) is 5. The van der Waals surface area contributed by atoms with Gasteiger partial charge in [0.1, 0.15) is 11.9 Å². The molecule has 2 saturated heterocycles. The van der Waals surface area contributed by atoms with Gasteiger partial charge in [0, 0.05) is 71.8 Å². The van der Waals surface area contributed by atoms with Crippen LogP contribution in [0.15, 0.2) is 70.3 Å². The van der Waals surface area contributed by atoms with Crippen molar-refractivity contribution in [2.24, 2.45) is 4.99 Å². The molecule has 13 heteroatoms. The number of amides is 2. The third kappa shape index (κ3) is 5.65. The Morgan fingerprint density at radius 1 is 1.16 bits per heavy atom. The number of ether oxygens (including phenoxy) is 1. The van der Waals surface area contributed by atoms with Crippen LogP contribution in [0, 0.1) is 5.82 Å². The molecule has 3 aliphatic heterocycles. The maximum Gasteiger partial charge on any atom is 0.338 e. The predicted molar refractivity (Wildman–Crippen MR) is 161 cm³/mol. The van der Waals surface area contributed by atoms with E-state index in [9.17, 15) is 18.8 Å². The van der Waals surface area contributed by atoms with Gasteiger partial charge in [-0.3, -0.25) is 19.6 Å². The van der Waals surface area contributed by atoms with E-state index in [1.807, 2.05) is 10.3 Å². The van der Waals surface area contributed by atoms with Gasteiger partial charge < -0.3 is 15.0 Å². The summed E-state index contributed by atoms with van der Waals surface area (Å²) >= 11 is 7.86. The van der Waals surface area contributed by atoms with E-state index in [0.717, 1.165) is 5.69 Å². The Labute approximate surface area is 256 Å². The molecule has 0 bridgehead atoms. The third-order valence-electron chi connectivity index (χ3n) is 7.83. The average Bonchev–Trinajstić information content (AvgIpc) is 3.65. The van der Waals surface area contributed by atoms with Crippen LogP contribution in [-0.4, -0.2) is 84.3 Å². The molecule has 6 rings (SSSR count). The number of nitrogens with one attached hydrogen (secondary N) is 1. The third-order valence-corrected chi connectivity index (χ3v) is 8.93. The van der Waals surface area contributed by atoms with Crippen molar-refractivity contribution in [1.29, 1.82) is 0 Å². The van der Waals surface area contributed by atoms with E-state index in [-0.39, 0.29) is 28.5 Å². The van der Waals surface area contributed by atoms with Crippen molar-refractivity contribution in [3.8, 4) is 0 Å². The van der Waals surface area contributed by atoms with Crippen molar-refractivity contribution >= 4 is 52.2 Å². The summed E-state index contributed by atoms with van der Waals surface area (Å²) in [4.78, 5) is 53.2. The summed E-state index contributed by atoms with van der Waals surface area (Å²) in [5, 5.41) is 5.91. The molecule has 2 amide bonds. The number of piperazine rings is 1. The molecule has 1 N–H and O–H groups in total. The molecule has 0 saturated carbocycles. The van der Waals surface area contributed by atoms with Gasteiger partial charge in [-0.05, 0) is 43.3 Å². The minimum Gasteiger partial charge on any atom is -0.466 e. The number of ketones is 1. The van der Waals surface area contributed by atoms with Crippen LogP contribution >= 0.6 is 22.9 Å². The lowest BCUT2D eigenvalue weighted by atomic mass is 9.95. The Kier molecular flexibility index (Phi) is 7.99.